The molecule has 0 spiro atoms. The Morgan fingerprint density at radius 1 is 1.44 bits per heavy atom. The van der Waals surface area contributed by atoms with Gasteiger partial charge in [0.2, 0.25) is 0 Å². The smallest absolute Gasteiger partial charge is 0.416 e. The molecule has 2 rings (SSSR count). The molecule has 7 heteroatoms. The topological polar surface area (TPSA) is 49.8 Å². The number of carbonyl (C=O) groups excluding carboxylic acids is 1. The summed E-state index contributed by atoms with van der Waals surface area (Å²) in [6.07, 6.45) is -5.92. The van der Waals surface area contributed by atoms with Gasteiger partial charge < -0.3 is 9.84 Å². The number of aliphatic hydroxyl groups is 1. The summed E-state index contributed by atoms with van der Waals surface area (Å²) in [5.41, 5.74) is -0.731. The summed E-state index contributed by atoms with van der Waals surface area (Å²) in [5.74, 6) is 0. The third-order valence-corrected chi connectivity index (χ3v) is 2.56. The third kappa shape index (κ3) is 2.40. The molecule has 1 aromatic rings. The number of anilines is 1. The number of aliphatic hydroxyl groups excluding tert-OH is 1. The van der Waals surface area contributed by atoms with Crippen molar-refractivity contribution in [3.8, 4) is 0 Å². The molecular formula is C11H10F3NO3. The number of amides is 1. The Labute approximate surface area is 101 Å². The summed E-state index contributed by atoms with van der Waals surface area (Å²) >= 11 is 0. The lowest BCUT2D eigenvalue weighted by Gasteiger charge is -2.15. The molecule has 1 heterocycles. The van der Waals surface area contributed by atoms with Crippen molar-refractivity contribution in [1.29, 1.82) is 0 Å². The zero-order chi connectivity index (χ0) is 13.3. The number of benzene rings is 1. The number of hydrogen-bond acceptors (Lipinski definition) is 3. The zero-order valence-corrected chi connectivity index (χ0v) is 9.15. The monoisotopic (exact) mass is 261 g/mol. The summed E-state index contributed by atoms with van der Waals surface area (Å²) in [4.78, 5) is 12.5. The molecule has 0 unspecified atom stereocenters. The van der Waals surface area contributed by atoms with E-state index in [2.05, 4.69) is 0 Å². The minimum atomic E-state index is -4.46. The molecule has 1 aromatic carbocycles. The van der Waals surface area contributed by atoms with Gasteiger partial charge in [-0.15, -0.1) is 0 Å². The molecule has 18 heavy (non-hydrogen) atoms. The minimum absolute atomic E-state index is 0.0383. The quantitative estimate of drug-likeness (QED) is 0.886. The van der Waals surface area contributed by atoms with Crippen molar-refractivity contribution in [2.75, 3.05) is 18.1 Å². The van der Waals surface area contributed by atoms with Gasteiger partial charge in [-0.05, 0) is 18.2 Å². The maximum Gasteiger partial charge on any atom is 0.416 e. The van der Waals surface area contributed by atoms with E-state index in [0.29, 0.717) is 0 Å². The second-order valence-electron chi connectivity index (χ2n) is 3.85. The Morgan fingerprint density at radius 3 is 2.72 bits per heavy atom. The van der Waals surface area contributed by atoms with Crippen LogP contribution in [0.15, 0.2) is 24.3 Å². The summed E-state index contributed by atoms with van der Waals surface area (Å²) in [5, 5.41) is 8.85. The largest absolute Gasteiger partial charge is 0.441 e. The maximum atomic E-state index is 12.5. The molecular weight excluding hydrogens is 251 g/mol. The van der Waals surface area contributed by atoms with Crippen LogP contribution in [-0.4, -0.2) is 30.5 Å². The summed E-state index contributed by atoms with van der Waals surface area (Å²) in [7, 11) is 0. The fourth-order valence-corrected chi connectivity index (χ4v) is 1.68. The molecule has 0 radical (unpaired) electrons. The Bertz CT molecular complexity index is 461. The molecule has 1 fully saturated rings. The first-order valence-electron chi connectivity index (χ1n) is 5.18. The molecule has 0 saturated carbocycles. The van der Waals surface area contributed by atoms with Crippen LogP contribution in [0.3, 0.4) is 0 Å². The van der Waals surface area contributed by atoms with Gasteiger partial charge >= 0.3 is 12.3 Å². The lowest BCUT2D eigenvalue weighted by atomic mass is 10.2. The van der Waals surface area contributed by atoms with Gasteiger partial charge in [0.1, 0.15) is 6.10 Å². The van der Waals surface area contributed by atoms with Gasteiger partial charge in [0.25, 0.3) is 0 Å². The second kappa shape index (κ2) is 4.49. The van der Waals surface area contributed by atoms with E-state index < -0.39 is 23.9 Å². The van der Waals surface area contributed by atoms with Gasteiger partial charge in [0.05, 0.1) is 18.7 Å². The van der Waals surface area contributed by atoms with Crippen LogP contribution < -0.4 is 4.90 Å². The van der Waals surface area contributed by atoms with E-state index >= 15 is 0 Å². The highest BCUT2D eigenvalue weighted by Gasteiger charge is 2.34. The standard InChI is InChI=1S/C11H10F3NO3/c12-11(13,14)7-2-1-3-8(4-7)15-5-9(6-16)18-10(15)17/h1-4,9,16H,5-6H2/t9-/m0/s1. The first-order valence-corrected chi connectivity index (χ1v) is 5.18. The van der Waals surface area contributed by atoms with Crippen LogP contribution in [0, 0.1) is 0 Å². The number of carbonyl (C=O) groups is 1. The SMILES string of the molecule is O=C1O[C@H](CO)CN1c1cccc(C(F)(F)F)c1. The number of nitrogens with zero attached hydrogens (tertiary/aromatic N) is 1. The van der Waals surface area contributed by atoms with Gasteiger partial charge in [-0.3, -0.25) is 4.90 Å². The summed E-state index contributed by atoms with van der Waals surface area (Å²) < 4.78 is 42.3. The van der Waals surface area contributed by atoms with E-state index in [0.717, 1.165) is 17.0 Å². The van der Waals surface area contributed by atoms with Gasteiger partial charge in [-0.2, -0.15) is 13.2 Å². The van der Waals surface area contributed by atoms with Crippen LogP contribution in [0.4, 0.5) is 23.7 Å². The van der Waals surface area contributed by atoms with Crippen molar-refractivity contribution < 1.29 is 27.8 Å². The minimum Gasteiger partial charge on any atom is -0.441 e. The summed E-state index contributed by atoms with van der Waals surface area (Å²) in [6.45, 7) is -0.322. The molecule has 0 aromatic heterocycles. The lowest BCUT2D eigenvalue weighted by molar-refractivity contribution is -0.137. The molecule has 1 aliphatic heterocycles. The van der Waals surface area contributed by atoms with Crippen molar-refractivity contribution in [2.45, 2.75) is 12.3 Å². The highest BCUT2D eigenvalue weighted by atomic mass is 19.4. The van der Waals surface area contributed by atoms with Crippen molar-refractivity contribution in [3.05, 3.63) is 29.8 Å². The van der Waals surface area contributed by atoms with Gasteiger partial charge in [-0.25, -0.2) is 4.79 Å². The number of ether oxygens (including phenoxy) is 1. The van der Waals surface area contributed by atoms with Crippen LogP contribution in [0.25, 0.3) is 0 Å². The number of cyclic esters (lactones) is 1. The van der Waals surface area contributed by atoms with Crippen molar-refractivity contribution >= 4 is 11.8 Å². The molecule has 1 saturated heterocycles. The van der Waals surface area contributed by atoms with Crippen LogP contribution >= 0.6 is 0 Å². The predicted molar refractivity (Wildman–Crippen MR) is 56.1 cm³/mol. The average molecular weight is 261 g/mol. The second-order valence-corrected chi connectivity index (χ2v) is 3.85. The Kier molecular flexibility index (Phi) is 3.16. The molecule has 0 aliphatic carbocycles. The molecule has 1 N–H and O–H groups in total. The van der Waals surface area contributed by atoms with Crippen LogP contribution in [0.2, 0.25) is 0 Å². The average Bonchev–Trinajstić information content (AvgIpc) is 2.70. The highest BCUT2D eigenvalue weighted by Crippen LogP contribution is 2.32. The molecule has 1 aliphatic rings. The Hall–Kier alpha value is -1.76. The fourth-order valence-electron chi connectivity index (χ4n) is 1.68. The van der Waals surface area contributed by atoms with Gasteiger partial charge in [0.15, 0.2) is 0 Å². The first kappa shape index (κ1) is 12.7. The van der Waals surface area contributed by atoms with Crippen LogP contribution in [-0.2, 0) is 10.9 Å². The third-order valence-electron chi connectivity index (χ3n) is 2.56. The Morgan fingerprint density at radius 2 is 2.17 bits per heavy atom. The lowest BCUT2D eigenvalue weighted by Crippen LogP contribution is -2.25. The van der Waals surface area contributed by atoms with E-state index in [1.165, 1.54) is 12.1 Å². The zero-order valence-electron chi connectivity index (χ0n) is 9.15. The van der Waals surface area contributed by atoms with E-state index in [9.17, 15) is 18.0 Å². The molecule has 1 amide bonds. The summed E-state index contributed by atoms with van der Waals surface area (Å²) in [6, 6.07) is 4.41. The number of halogens is 3. The normalized spacial score (nSPS) is 20.1. The van der Waals surface area contributed by atoms with Gasteiger partial charge in [0, 0.05) is 5.69 Å². The Balaban J connectivity index is 2.27. The van der Waals surface area contributed by atoms with E-state index in [-0.39, 0.29) is 18.8 Å². The molecule has 98 valence electrons. The van der Waals surface area contributed by atoms with Crippen molar-refractivity contribution in [3.63, 3.8) is 0 Å². The first-order chi connectivity index (χ1) is 8.41. The predicted octanol–water partition coefficient (Wildman–Crippen LogP) is 2.02. The fraction of sp³-hybridized carbons (Fsp3) is 0.364. The maximum absolute atomic E-state index is 12.5. The molecule has 0 bridgehead atoms. The number of rotatable bonds is 2. The number of hydrogen-bond donors (Lipinski definition) is 1. The molecule has 4 nitrogen and oxygen atoms in total. The van der Waals surface area contributed by atoms with E-state index in [1.54, 1.807) is 0 Å². The van der Waals surface area contributed by atoms with Crippen LogP contribution in [0.5, 0.6) is 0 Å². The highest BCUT2D eigenvalue weighted by molar-refractivity contribution is 5.89. The van der Waals surface area contributed by atoms with Gasteiger partial charge in [-0.1, -0.05) is 6.07 Å². The van der Waals surface area contributed by atoms with E-state index in [1.807, 2.05) is 0 Å². The van der Waals surface area contributed by atoms with Crippen molar-refractivity contribution in [1.82, 2.24) is 0 Å². The van der Waals surface area contributed by atoms with E-state index in [4.69, 9.17) is 9.84 Å². The van der Waals surface area contributed by atoms with Crippen LogP contribution in [0.1, 0.15) is 5.56 Å². The number of alkyl halides is 3. The van der Waals surface area contributed by atoms with Crippen molar-refractivity contribution in [2.24, 2.45) is 0 Å². The molecule has 1 atom stereocenters.